The van der Waals surface area contributed by atoms with Crippen LogP contribution in [-0.2, 0) is 20.7 Å². The first-order valence-electron chi connectivity index (χ1n) is 11.3. The molecule has 2 aromatic heterocycles. The average Bonchev–Trinajstić information content (AvgIpc) is 3.41. The lowest BCUT2D eigenvalue weighted by Crippen LogP contribution is -2.46. The Morgan fingerprint density at radius 1 is 1.34 bits per heavy atom. The van der Waals surface area contributed by atoms with Crippen LogP contribution in [0.1, 0.15) is 11.3 Å². The zero-order valence-corrected chi connectivity index (χ0v) is 20.7. The molecule has 0 radical (unpaired) electrons. The number of pyridine rings is 1. The highest BCUT2D eigenvalue weighted by Crippen LogP contribution is 2.32. The number of imidazole rings is 1. The van der Waals surface area contributed by atoms with Gasteiger partial charge in [-0.1, -0.05) is 6.08 Å². The van der Waals surface area contributed by atoms with Crippen molar-refractivity contribution in [1.29, 1.82) is 0 Å². The Morgan fingerprint density at radius 3 is 2.89 bits per heavy atom. The molecule has 182 valence electrons. The molecule has 4 heterocycles. The van der Waals surface area contributed by atoms with Gasteiger partial charge in [-0.3, -0.25) is 4.79 Å². The second kappa shape index (κ2) is 9.40. The molecule has 1 unspecified atom stereocenters. The van der Waals surface area contributed by atoms with Crippen LogP contribution in [0.4, 0.5) is 14.9 Å². The zero-order valence-electron chi connectivity index (χ0n) is 19.5. The highest BCUT2D eigenvalue weighted by atomic mass is 31.0. The van der Waals surface area contributed by atoms with Crippen LogP contribution in [-0.4, -0.2) is 65.7 Å². The number of aryl methyl sites for hydroxylation is 1. The van der Waals surface area contributed by atoms with Gasteiger partial charge in [0.05, 0.1) is 37.8 Å². The number of morpholine rings is 1. The van der Waals surface area contributed by atoms with Gasteiger partial charge in [0.25, 0.3) is 5.91 Å². The van der Waals surface area contributed by atoms with E-state index < -0.39 is 11.9 Å². The first-order valence-corrected chi connectivity index (χ1v) is 11.9. The number of benzene rings is 1. The number of ether oxygens (including phenoxy) is 2. The van der Waals surface area contributed by atoms with Crippen molar-refractivity contribution >= 4 is 37.9 Å². The summed E-state index contributed by atoms with van der Waals surface area (Å²) in [6, 6.07) is 7.07. The standard InChI is InChI=1S/C25H26FN4O4P/c1-15-5-7-30-19(13-17-14-28(8-9-34-17)25(32)33-2)24(27-21(30)10-15)23-18(26)11-16(12-20(23)35)29-6-3-4-22(29)31/h3-5,7,10-12,17H,6,8-9,13-14,35H2,1-2H3/t17-/m0/s1. The van der Waals surface area contributed by atoms with Crippen molar-refractivity contribution in [3.63, 3.8) is 0 Å². The van der Waals surface area contributed by atoms with E-state index in [4.69, 9.17) is 14.5 Å². The van der Waals surface area contributed by atoms with E-state index in [-0.39, 0.29) is 12.0 Å². The molecule has 1 saturated heterocycles. The molecule has 5 rings (SSSR count). The number of carbonyl (C=O) groups is 2. The van der Waals surface area contributed by atoms with E-state index >= 15 is 4.39 Å². The maximum Gasteiger partial charge on any atom is 0.409 e. The minimum Gasteiger partial charge on any atom is -0.453 e. The van der Waals surface area contributed by atoms with Crippen LogP contribution in [0.25, 0.3) is 16.9 Å². The number of hydrogen-bond donors (Lipinski definition) is 0. The highest BCUT2D eigenvalue weighted by Gasteiger charge is 2.29. The molecule has 10 heteroatoms. The van der Waals surface area contributed by atoms with Crippen LogP contribution < -0.4 is 10.2 Å². The molecule has 0 N–H and O–H groups in total. The number of halogens is 1. The Hall–Kier alpha value is -3.29. The molecule has 2 amide bonds. The van der Waals surface area contributed by atoms with Crippen LogP contribution in [0.2, 0.25) is 0 Å². The van der Waals surface area contributed by atoms with Crippen LogP contribution >= 0.6 is 9.24 Å². The lowest BCUT2D eigenvalue weighted by atomic mass is 10.0. The maximum absolute atomic E-state index is 15.6. The van der Waals surface area contributed by atoms with Gasteiger partial charge >= 0.3 is 6.09 Å². The summed E-state index contributed by atoms with van der Waals surface area (Å²) in [5.41, 5.74) is 3.88. The molecule has 0 aliphatic carbocycles. The van der Waals surface area contributed by atoms with Crippen LogP contribution in [0, 0.1) is 12.7 Å². The Bertz CT molecular complexity index is 1330. The third-order valence-corrected chi connectivity index (χ3v) is 6.80. The Kier molecular flexibility index (Phi) is 6.30. The largest absolute Gasteiger partial charge is 0.453 e. The smallest absolute Gasteiger partial charge is 0.409 e. The van der Waals surface area contributed by atoms with E-state index in [0.717, 1.165) is 11.3 Å². The summed E-state index contributed by atoms with van der Waals surface area (Å²) in [5, 5.41) is 0.599. The van der Waals surface area contributed by atoms with Crippen molar-refractivity contribution in [3.8, 4) is 11.3 Å². The molecule has 2 aliphatic rings. The predicted molar refractivity (Wildman–Crippen MR) is 134 cm³/mol. The van der Waals surface area contributed by atoms with E-state index in [0.29, 0.717) is 60.6 Å². The topological polar surface area (TPSA) is 76.4 Å². The molecule has 0 bridgehead atoms. The van der Waals surface area contributed by atoms with Gasteiger partial charge in [-0.2, -0.15) is 0 Å². The van der Waals surface area contributed by atoms with Gasteiger partial charge in [-0.25, -0.2) is 14.2 Å². The molecular formula is C25H26FN4O4P. The van der Waals surface area contributed by atoms with Crippen molar-refractivity contribution in [2.75, 3.05) is 38.3 Å². The van der Waals surface area contributed by atoms with E-state index in [1.54, 1.807) is 17.0 Å². The summed E-state index contributed by atoms with van der Waals surface area (Å²) in [7, 11) is 3.94. The number of aromatic nitrogens is 2. The first-order chi connectivity index (χ1) is 16.9. The van der Waals surface area contributed by atoms with Gasteiger partial charge in [0, 0.05) is 43.0 Å². The number of nitrogens with zero attached hydrogens (tertiary/aromatic N) is 4. The summed E-state index contributed by atoms with van der Waals surface area (Å²) in [6.07, 6.45) is 4.88. The number of fused-ring (bicyclic) bond motifs is 1. The van der Waals surface area contributed by atoms with E-state index in [1.807, 2.05) is 29.7 Å². The zero-order chi connectivity index (χ0) is 24.7. The minimum atomic E-state index is -0.464. The summed E-state index contributed by atoms with van der Waals surface area (Å²) in [6.45, 7) is 3.60. The van der Waals surface area contributed by atoms with Gasteiger partial charge in [0.2, 0.25) is 0 Å². The Morgan fingerprint density at radius 2 is 2.17 bits per heavy atom. The number of anilines is 1. The summed E-state index contributed by atoms with van der Waals surface area (Å²) in [4.78, 5) is 32.1. The van der Waals surface area contributed by atoms with Crippen molar-refractivity contribution < 1.29 is 23.5 Å². The number of rotatable bonds is 4. The lowest BCUT2D eigenvalue weighted by Gasteiger charge is -2.32. The second-order valence-corrected chi connectivity index (χ2v) is 9.32. The Balaban J connectivity index is 1.56. The molecule has 35 heavy (non-hydrogen) atoms. The van der Waals surface area contributed by atoms with Crippen molar-refractivity contribution in [2.45, 2.75) is 19.4 Å². The van der Waals surface area contributed by atoms with Crippen molar-refractivity contribution in [1.82, 2.24) is 14.3 Å². The second-order valence-electron chi connectivity index (χ2n) is 8.70. The number of hydrogen-bond acceptors (Lipinski definition) is 5. The third-order valence-electron chi connectivity index (χ3n) is 6.34. The Labute approximate surface area is 204 Å². The normalized spacial score (nSPS) is 18.1. The summed E-state index contributed by atoms with van der Waals surface area (Å²) in [5.74, 6) is -0.635. The van der Waals surface area contributed by atoms with Gasteiger partial charge in [0.1, 0.15) is 11.5 Å². The van der Waals surface area contributed by atoms with E-state index in [2.05, 4.69) is 9.24 Å². The molecule has 1 fully saturated rings. The maximum atomic E-state index is 15.6. The molecule has 2 atom stereocenters. The molecule has 0 saturated carbocycles. The van der Waals surface area contributed by atoms with E-state index in [9.17, 15) is 9.59 Å². The quantitative estimate of drug-likeness (QED) is 0.520. The van der Waals surface area contributed by atoms with Gasteiger partial charge < -0.3 is 23.7 Å². The molecular weight excluding hydrogens is 470 g/mol. The van der Waals surface area contributed by atoms with Gasteiger partial charge in [0.15, 0.2) is 0 Å². The minimum absolute atomic E-state index is 0.171. The lowest BCUT2D eigenvalue weighted by molar-refractivity contribution is -0.113. The van der Waals surface area contributed by atoms with Crippen molar-refractivity contribution in [3.05, 3.63) is 59.7 Å². The summed E-state index contributed by atoms with van der Waals surface area (Å²) < 4.78 is 28.4. The molecule has 2 aliphatic heterocycles. The molecule has 0 spiro atoms. The third kappa shape index (κ3) is 4.42. The first kappa shape index (κ1) is 23.5. The van der Waals surface area contributed by atoms with Crippen LogP contribution in [0.5, 0.6) is 0 Å². The van der Waals surface area contributed by atoms with Crippen molar-refractivity contribution in [2.24, 2.45) is 0 Å². The molecule has 1 aromatic carbocycles. The number of amides is 2. The molecule has 8 nitrogen and oxygen atoms in total. The predicted octanol–water partition coefficient (Wildman–Crippen LogP) is 2.86. The fourth-order valence-corrected chi connectivity index (χ4v) is 5.08. The fourth-order valence-electron chi connectivity index (χ4n) is 4.64. The van der Waals surface area contributed by atoms with Crippen LogP contribution in [0.15, 0.2) is 42.6 Å². The average molecular weight is 496 g/mol. The highest BCUT2D eigenvalue weighted by molar-refractivity contribution is 7.28. The fraction of sp³-hybridized carbons (Fsp3) is 0.320. The molecule has 3 aromatic rings. The van der Waals surface area contributed by atoms with Gasteiger partial charge in [-0.05, 0) is 42.1 Å². The SMILES string of the molecule is COC(=O)N1CCO[C@@H](Cc2c(-c3c(F)cc(N4CC=CC4=O)cc3P)nc3cc(C)ccn23)C1. The monoisotopic (exact) mass is 496 g/mol. The van der Waals surface area contributed by atoms with E-state index in [1.165, 1.54) is 24.2 Å². The van der Waals surface area contributed by atoms with Gasteiger partial charge in [-0.15, -0.1) is 9.24 Å². The van der Waals surface area contributed by atoms with Crippen LogP contribution in [0.3, 0.4) is 0 Å². The summed E-state index contributed by atoms with van der Waals surface area (Å²) >= 11 is 0. The number of carbonyl (C=O) groups excluding carboxylic acids is 2. The number of methoxy groups -OCH3 is 1.